The topological polar surface area (TPSA) is 29.5 Å². The van der Waals surface area contributed by atoms with Crippen LogP contribution in [0.1, 0.15) is 30.1 Å². The molecule has 0 bridgehead atoms. The summed E-state index contributed by atoms with van der Waals surface area (Å²) in [5.41, 5.74) is -0.162. The van der Waals surface area contributed by atoms with Crippen LogP contribution in [0.5, 0.6) is 0 Å². The summed E-state index contributed by atoms with van der Waals surface area (Å²) in [5, 5.41) is 0. The van der Waals surface area contributed by atoms with Crippen molar-refractivity contribution in [1.82, 2.24) is 4.90 Å². The second-order valence-corrected chi connectivity index (χ2v) is 4.98. The highest BCUT2D eigenvalue weighted by molar-refractivity contribution is 5.96. The minimum Gasteiger partial charge on any atom is -0.376 e. The van der Waals surface area contributed by atoms with Gasteiger partial charge in [-0.05, 0) is 18.6 Å². The van der Waals surface area contributed by atoms with Gasteiger partial charge < -0.3 is 4.74 Å². The van der Waals surface area contributed by atoms with Crippen LogP contribution in [0, 0.1) is 11.6 Å². The van der Waals surface area contributed by atoms with Gasteiger partial charge in [-0.3, -0.25) is 9.69 Å². The Morgan fingerprint density at radius 1 is 1.45 bits per heavy atom. The SMILES string of the molecule is CCC1CN(CCC(=O)c2cccc(F)c2F)CCO1. The molecule has 0 aromatic heterocycles. The summed E-state index contributed by atoms with van der Waals surface area (Å²) in [5.74, 6) is -2.39. The van der Waals surface area contributed by atoms with E-state index in [0.29, 0.717) is 13.2 Å². The van der Waals surface area contributed by atoms with Crippen molar-refractivity contribution in [3.63, 3.8) is 0 Å². The lowest BCUT2D eigenvalue weighted by Crippen LogP contribution is -2.42. The number of halogens is 2. The van der Waals surface area contributed by atoms with Crippen LogP contribution >= 0.6 is 0 Å². The summed E-state index contributed by atoms with van der Waals surface area (Å²) >= 11 is 0. The molecule has 0 spiro atoms. The number of hydrogen-bond acceptors (Lipinski definition) is 3. The van der Waals surface area contributed by atoms with Gasteiger partial charge in [0, 0.05) is 26.1 Å². The Balaban J connectivity index is 1.90. The van der Waals surface area contributed by atoms with Crippen molar-refractivity contribution in [2.75, 3.05) is 26.2 Å². The molecular formula is C15H19F2NO2. The maximum atomic E-state index is 13.5. The molecule has 0 aliphatic carbocycles. The first-order valence-electron chi connectivity index (χ1n) is 6.93. The Bertz CT molecular complexity index is 479. The average Bonchev–Trinajstić information content (AvgIpc) is 2.48. The van der Waals surface area contributed by atoms with E-state index in [2.05, 4.69) is 11.8 Å². The second-order valence-electron chi connectivity index (χ2n) is 4.98. The average molecular weight is 283 g/mol. The van der Waals surface area contributed by atoms with E-state index in [0.717, 1.165) is 25.6 Å². The molecule has 1 heterocycles. The molecule has 1 aromatic carbocycles. The Kier molecular flexibility index (Phi) is 5.20. The Morgan fingerprint density at radius 3 is 3.00 bits per heavy atom. The molecular weight excluding hydrogens is 264 g/mol. The van der Waals surface area contributed by atoms with E-state index in [-0.39, 0.29) is 23.9 Å². The fraction of sp³-hybridized carbons (Fsp3) is 0.533. The smallest absolute Gasteiger partial charge is 0.169 e. The minimum absolute atomic E-state index is 0.162. The van der Waals surface area contributed by atoms with Crippen LogP contribution in [-0.2, 0) is 4.74 Å². The fourth-order valence-corrected chi connectivity index (χ4v) is 2.34. The quantitative estimate of drug-likeness (QED) is 0.778. The number of carbonyl (C=O) groups excluding carboxylic acids is 1. The molecule has 0 N–H and O–H groups in total. The Morgan fingerprint density at radius 2 is 2.25 bits per heavy atom. The molecule has 0 amide bonds. The number of ether oxygens (including phenoxy) is 1. The lowest BCUT2D eigenvalue weighted by atomic mass is 10.1. The van der Waals surface area contributed by atoms with Crippen molar-refractivity contribution in [1.29, 1.82) is 0 Å². The highest BCUT2D eigenvalue weighted by atomic mass is 19.2. The van der Waals surface area contributed by atoms with Crippen LogP contribution in [0.4, 0.5) is 8.78 Å². The Labute approximate surface area is 117 Å². The highest BCUT2D eigenvalue weighted by Crippen LogP contribution is 2.14. The van der Waals surface area contributed by atoms with Crippen molar-refractivity contribution in [3.8, 4) is 0 Å². The van der Waals surface area contributed by atoms with Crippen molar-refractivity contribution >= 4 is 5.78 Å². The van der Waals surface area contributed by atoms with E-state index >= 15 is 0 Å². The predicted octanol–water partition coefficient (Wildman–Crippen LogP) is 2.65. The standard InChI is InChI=1S/C15H19F2NO2/c1-2-11-10-18(8-9-20-11)7-6-14(19)12-4-3-5-13(16)15(12)17/h3-5,11H,2,6-10H2,1H3. The monoisotopic (exact) mass is 283 g/mol. The number of Topliss-reactive ketones (excluding diaryl/α,β-unsaturated/α-hetero) is 1. The van der Waals surface area contributed by atoms with Gasteiger partial charge in [0.25, 0.3) is 0 Å². The molecule has 1 aliphatic rings. The molecule has 1 aromatic rings. The van der Waals surface area contributed by atoms with Gasteiger partial charge in [0.15, 0.2) is 17.4 Å². The van der Waals surface area contributed by atoms with E-state index in [4.69, 9.17) is 4.74 Å². The molecule has 110 valence electrons. The zero-order valence-corrected chi connectivity index (χ0v) is 11.6. The van der Waals surface area contributed by atoms with E-state index in [1.54, 1.807) is 0 Å². The van der Waals surface area contributed by atoms with Crippen molar-refractivity contribution in [3.05, 3.63) is 35.4 Å². The van der Waals surface area contributed by atoms with E-state index in [1.807, 2.05) is 0 Å². The zero-order valence-electron chi connectivity index (χ0n) is 11.6. The normalized spacial score (nSPS) is 20.1. The van der Waals surface area contributed by atoms with Crippen molar-refractivity contribution in [2.24, 2.45) is 0 Å². The van der Waals surface area contributed by atoms with E-state index in [1.165, 1.54) is 12.1 Å². The van der Waals surface area contributed by atoms with Crippen LogP contribution in [0.25, 0.3) is 0 Å². The summed E-state index contributed by atoms with van der Waals surface area (Å²) in [7, 11) is 0. The summed E-state index contributed by atoms with van der Waals surface area (Å²) in [6, 6.07) is 3.70. The van der Waals surface area contributed by atoms with Crippen LogP contribution in [-0.4, -0.2) is 43.0 Å². The van der Waals surface area contributed by atoms with Crippen LogP contribution in [0.3, 0.4) is 0 Å². The summed E-state index contributed by atoms with van der Waals surface area (Å²) in [6.45, 7) is 4.82. The maximum Gasteiger partial charge on any atom is 0.169 e. The van der Waals surface area contributed by atoms with Crippen molar-refractivity contribution in [2.45, 2.75) is 25.9 Å². The van der Waals surface area contributed by atoms with Gasteiger partial charge in [-0.2, -0.15) is 0 Å². The van der Waals surface area contributed by atoms with Crippen LogP contribution in [0.15, 0.2) is 18.2 Å². The van der Waals surface area contributed by atoms with E-state index in [9.17, 15) is 13.6 Å². The molecule has 0 radical (unpaired) electrons. The third kappa shape index (κ3) is 3.61. The third-order valence-corrected chi connectivity index (χ3v) is 3.59. The lowest BCUT2D eigenvalue weighted by Gasteiger charge is -2.32. The van der Waals surface area contributed by atoms with Crippen LogP contribution in [0.2, 0.25) is 0 Å². The Hall–Kier alpha value is -1.33. The first kappa shape index (κ1) is 15.1. The van der Waals surface area contributed by atoms with Gasteiger partial charge in [0.1, 0.15) is 0 Å². The second kappa shape index (κ2) is 6.90. The first-order chi connectivity index (χ1) is 9.61. The molecule has 2 rings (SSSR count). The summed E-state index contributed by atoms with van der Waals surface area (Å²) in [6.07, 6.45) is 1.32. The van der Waals surface area contributed by atoms with Gasteiger partial charge in [-0.1, -0.05) is 13.0 Å². The molecule has 1 fully saturated rings. The molecule has 0 saturated carbocycles. The van der Waals surface area contributed by atoms with E-state index < -0.39 is 11.6 Å². The van der Waals surface area contributed by atoms with Gasteiger partial charge in [-0.15, -0.1) is 0 Å². The van der Waals surface area contributed by atoms with Gasteiger partial charge in [0.05, 0.1) is 18.3 Å². The number of carbonyl (C=O) groups is 1. The maximum absolute atomic E-state index is 13.5. The van der Waals surface area contributed by atoms with Gasteiger partial charge >= 0.3 is 0 Å². The zero-order chi connectivity index (χ0) is 14.5. The minimum atomic E-state index is -1.05. The molecule has 1 saturated heterocycles. The predicted molar refractivity (Wildman–Crippen MR) is 71.8 cm³/mol. The molecule has 1 aliphatic heterocycles. The first-order valence-corrected chi connectivity index (χ1v) is 6.93. The number of benzene rings is 1. The molecule has 1 atom stereocenters. The third-order valence-electron chi connectivity index (χ3n) is 3.59. The number of ketones is 1. The van der Waals surface area contributed by atoms with Crippen LogP contribution < -0.4 is 0 Å². The fourth-order valence-electron chi connectivity index (χ4n) is 2.34. The lowest BCUT2D eigenvalue weighted by molar-refractivity contribution is -0.0293. The number of nitrogens with zero attached hydrogens (tertiary/aromatic N) is 1. The number of hydrogen-bond donors (Lipinski definition) is 0. The molecule has 5 heteroatoms. The number of morpholine rings is 1. The highest BCUT2D eigenvalue weighted by Gasteiger charge is 2.21. The summed E-state index contributed by atoms with van der Waals surface area (Å²) < 4.78 is 32.1. The number of rotatable bonds is 5. The molecule has 1 unspecified atom stereocenters. The van der Waals surface area contributed by atoms with Gasteiger partial charge in [0.2, 0.25) is 0 Å². The largest absolute Gasteiger partial charge is 0.376 e. The van der Waals surface area contributed by atoms with Crippen molar-refractivity contribution < 1.29 is 18.3 Å². The molecule has 20 heavy (non-hydrogen) atoms. The van der Waals surface area contributed by atoms with Gasteiger partial charge in [-0.25, -0.2) is 8.78 Å². The summed E-state index contributed by atoms with van der Waals surface area (Å²) in [4.78, 5) is 14.1. The molecule has 3 nitrogen and oxygen atoms in total.